The number of amides is 1. The van der Waals surface area contributed by atoms with Crippen LogP contribution in [0.15, 0.2) is 55.0 Å². The molecule has 1 aromatic carbocycles. The molecule has 0 bridgehead atoms. The molecule has 3 rings (SSSR count). The van der Waals surface area contributed by atoms with Gasteiger partial charge in [-0.3, -0.25) is 14.8 Å². The van der Waals surface area contributed by atoms with Crippen LogP contribution >= 0.6 is 0 Å². The maximum absolute atomic E-state index is 12.0. The van der Waals surface area contributed by atoms with Crippen molar-refractivity contribution in [1.82, 2.24) is 20.3 Å². The van der Waals surface area contributed by atoms with E-state index in [1.165, 1.54) is 0 Å². The van der Waals surface area contributed by atoms with E-state index in [9.17, 15) is 4.79 Å². The first-order chi connectivity index (χ1) is 15.1. The zero-order chi connectivity index (χ0) is 22.1. The molecular formula is C25H30N4O2. The molecule has 3 aromatic rings. The van der Waals surface area contributed by atoms with Crippen molar-refractivity contribution < 1.29 is 9.53 Å². The van der Waals surface area contributed by atoms with Crippen molar-refractivity contribution in [2.75, 3.05) is 13.7 Å². The summed E-state index contributed by atoms with van der Waals surface area (Å²) in [4.78, 5) is 25.8. The van der Waals surface area contributed by atoms with Crippen LogP contribution in [0.3, 0.4) is 0 Å². The fourth-order valence-electron chi connectivity index (χ4n) is 3.70. The standard InChI is InChI=1S/C25H30N4O2/c1-4-8-18(22-9-6-7-12-28-22)13-21-16-26-17-23(29-21)19-10-11-20(24(14-19)31-3)15-25(30)27-5-2/h6-7,9-12,14,16-18H,4-5,8,13,15H2,1-3H3,(H,27,30). The molecule has 2 aromatic heterocycles. The highest BCUT2D eigenvalue weighted by molar-refractivity contribution is 5.79. The number of aromatic nitrogens is 3. The van der Waals surface area contributed by atoms with Gasteiger partial charge in [0.25, 0.3) is 0 Å². The molecule has 6 nitrogen and oxygen atoms in total. The number of hydrogen-bond acceptors (Lipinski definition) is 5. The number of carbonyl (C=O) groups is 1. The van der Waals surface area contributed by atoms with Crippen molar-refractivity contribution >= 4 is 5.91 Å². The molecule has 0 aliphatic carbocycles. The van der Waals surface area contributed by atoms with E-state index < -0.39 is 0 Å². The van der Waals surface area contributed by atoms with Gasteiger partial charge in [0, 0.05) is 41.7 Å². The predicted octanol–water partition coefficient (Wildman–Crippen LogP) is 4.35. The van der Waals surface area contributed by atoms with Crippen LogP contribution in [-0.2, 0) is 17.6 Å². The lowest BCUT2D eigenvalue weighted by atomic mass is 9.94. The highest BCUT2D eigenvalue weighted by Crippen LogP contribution is 2.28. The van der Waals surface area contributed by atoms with Gasteiger partial charge < -0.3 is 10.1 Å². The first-order valence-corrected chi connectivity index (χ1v) is 10.8. The van der Waals surface area contributed by atoms with Gasteiger partial charge in [-0.15, -0.1) is 0 Å². The molecule has 0 spiro atoms. The minimum atomic E-state index is -0.0215. The van der Waals surface area contributed by atoms with Gasteiger partial charge in [0.05, 0.1) is 31.1 Å². The Hall–Kier alpha value is -3.28. The zero-order valence-corrected chi connectivity index (χ0v) is 18.5. The van der Waals surface area contributed by atoms with Crippen LogP contribution in [0.5, 0.6) is 5.75 Å². The third-order valence-corrected chi connectivity index (χ3v) is 5.19. The van der Waals surface area contributed by atoms with Gasteiger partial charge >= 0.3 is 0 Å². The predicted molar refractivity (Wildman–Crippen MR) is 122 cm³/mol. The summed E-state index contributed by atoms with van der Waals surface area (Å²) >= 11 is 0. The minimum absolute atomic E-state index is 0.0215. The second-order valence-electron chi connectivity index (χ2n) is 7.50. The maximum Gasteiger partial charge on any atom is 0.224 e. The van der Waals surface area contributed by atoms with Gasteiger partial charge in [-0.25, -0.2) is 4.98 Å². The number of carbonyl (C=O) groups excluding carboxylic acids is 1. The number of hydrogen-bond donors (Lipinski definition) is 1. The summed E-state index contributed by atoms with van der Waals surface area (Å²) in [5.74, 6) is 0.963. The zero-order valence-electron chi connectivity index (χ0n) is 18.5. The van der Waals surface area contributed by atoms with Crippen molar-refractivity contribution in [3.63, 3.8) is 0 Å². The number of likely N-dealkylation sites (N-methyl/N-ethyl adjacent to an activating group) is 1. The summed E-state index contributed by atoms with van der Waals surface area (Å²) in [6, 6.07) is 11.9. The maximum atomic E-state index is 12.0. The van der Waals surface area contributed by atoms with Crippen molar-refractivity contribution in [1.29, 1.82) is 0 Å². The largest absolute Gasteiger partial charge is 0.496 e. The van der Waals surface area contributed by atoms with E-state index in [2.05, 4.69) is 28.3 Å². The van der Waals surface area contributed by atoms with Gasteiger partial charge in [0.15, 0.2) is 0 Å². The number of nitrogens with one attached hydrogen (secondary N) is 1. The first-order valence-electron chi connectivity index (χ1n) is 10.8. The van der Waals surface area contributed by atoms with Gasteiger partial charge in [-0.05, 0) is 38.0 Å². The quantitative estimate of drug-likeness (QED) is 0.530. The molecule has 0 radical (unpaired) electrons. The highest BCUT2D eigenvalue weighted by Gasteiger charge is 2.15. The monoisotopic (exact) mass is 418 g/mol. The molecule has 0 saturated carbocycles. The summed E-state index contributed by atoms with van der Waals surface area (Å²) in [6.45, 7) is 4.70. The van der Waals surface area contributed by atoms with Crippen LogP contribution in [0.1, 0.15) is 49.6 Å². The Labute approximate surface area is 184 Å². The van der Waals surface area contributed by atoms with Crippen LogP contribution in [0, 0.1) is 0 Å². The lowest BCUT2D eigenvalue weighted by Crippen LogP contribution is -2.24. The van der Waals surface area contributed by atoms with E-state index >= 15 is 0 Å². The van der Waals surface area contributed by atoms with Crippen LogP contribution in [0.2, 0.25) is 0 Å². The Bertz CT molecular complexity index is 992. The number of rotatable bonds is 10. The Morgan fingerprint density at radius 2 is 2.03 bits per heavy atom. The van der Waals surface area contributed by atoms with Crippen molar-refractivity contribution in [3.8, 4) is 17.0 Å². The molecule has 1 amide bonds. The lowest BCUT2D eigenvalue weighted by Gasteiger charge is -2.15. The molecule has 0 aliphatic heterocycles. The molecule has 1 N–H and O–H groups in total. The Balaban J connectivity index is 1.82. The fraction of sp³-hybridized carbons (Fsp3) is 0.360. The lowest BCUT2D eigenvalue weighted by molar-refractivity contribution is -0.120. The van der Waals surface area contributed by atoms with E-state index in [0.717, 1.165) is 47.5 Å². The molecule has 2 heterocycles. The third-order valence-electron chi connectivity index (χ3n) is 5.19. The number of ether oxygens (including phenoxy) is 1. The van der Waals surface area contributed by atoms with Crippen LogP contribution in [0.25, 0.3) is 11.3 Å². The molecule has 1 atom stereocenters. The van der Waals surface area contributed by atoms with Gasteiger partial charge in [-0.1, -0.05) is 31.5 Å². The SMILES string of the molecule is CCCC(Cc1cncc(-c2ccc(CC(=O)NCC)c(OC)c2)n1)c1ccccn1. The molecule has 162 valence electrons. The number of methoxy groups -OCH3 is 1. The molecule has 0 aliphatic rings. The van der Waals surface area contributed by atoms with E-state index in [4.69, 9.17) is 9.72 Å². The second kappa shape index (κ2) is 11.2. The van der Waals surface area contributed by atoms with Crippen LogP contribution in [0.4, 0.5) is 0 Å². The average Bonchev–Trinajstić information content (AvgIpc) is 2.80. The molecular weight excluding hydrogens is 388 g/mol. The highest BCUT2D eigenvalue weighted by atomic mass is 16.5. The average molecular weight is 419 g/mol. The third kappa shape index (κ3) is 6.10. The van der Waals surface area contributed by atoms with Crippen molar-refractivity contribution in [2.45, 2.75) is 45.4 Å². The molecule has 1 unspecified atom stereocenters. The van der Waals surface area contributed by atoms with E-state index in [0.29, 0.717) is 18.2 Å². The van der Waals surface area contributed by atoms with E-state index in [1.54, 1.807) is 13.3 Å². The smallest absolute Gasteiger partial charge is 0.224 e. The summed E-state index contributed by atoms with van der Waals surface area (Å²) in [5, 5.41) is 2.82. The summed E-state index contributed by atoms with van der Waals surface area (Å²) in [6.07, 6.45) is 8.63. The van der Waals surface area contributed by atoms with Crippen LogP contribution < -0.4 is 10.1 Å². The van der Waals surface area contributed by atoms with Gasteiger partial charge in [-0.2, -0.15) is 0 Å². The second-order valence-corrected chi connectivity index (χ2v) is 7.50. The Kier molecular flexibility index (Phi) is 8.10. The first kappa shape index (κ1) is 22.4. The summed E-state index contributed by atoms with van der Waals surface area (Å²) in [7, 11) is 1.62. The molecule has 31 heavy (non-hydrogen) atoms. The summed E-state index contributed by atoms with van der Waals surface area (Å²) < 4.78 is 5.53. The van der Waals surface area contributed by atoms with Gasteiger partial charge in [0.1, 0.15) is 5.75 Å². The molecule has 0 fully saturated rings. The molecule has 6 heteroatoms. The number of benzene rings is 1. The molecule has 0 saturated heterocycles. The number of nitrogens with zero attached hydrogens (tertiary/aromatic N) is 3. The topological polar surface area (TPSA) is 77.0 Å². The summed E-state index contributed by atoms with van der Waals surface area (Å²) in [5.41, 5.74) is 4.58. The number of pyridine rings is 1. The Morgan fingerprint density at radius 1 is 1.16 bits per heavy atom. The van der Waals surface area contributed by atoms with E-state index in [-0.39, 0.29) is 12.3 Å². The van der Waals surface area contributed by atoms with Gasteiger partial charge in [0.2, 0.25) is 5.91 Å². The Morgan fingerprint density at radius 3 is 2.74 bits per heavy atom. The normalized spacial score (nSPS) is 11.7. The van der Waals surface area contributed by atoms with Crippen LogP contribution in [-0.4, -0.2) is 34.5 Å². The van der Waals surface area contributed by atoms with Crippen molar-refractivity contribution in [3.05, 3.63) is 71.9 Å². The van der Waals surface area contributed by atoms with Crippen molar-refractivity contribution in [2.24, 2.45) is 0 Å². The fourth-order valence-corrected chi connectivity index (χ4v) is 3.70. The van der Waals surface area contributed by atoms with E-state index in [1.807, 2.05) is 49.6 Å². The minimum Gasteiger partial charge on any atom is -0.496 e.